The van der Waals surface area contributed by atoms with Gasteiger partial charge in [-0.05, 0) is 43.9 Å². The van der Waals surface area contributed by atoms with Crippen LogP contribution in [0.3, 0.4) is 0 Å². The average Bonchev–Trinajstić information content (AvgIpc) is 2.51. The molecule has 0 aliphatic rings. The molecular formula is C16H20ClN3O2. The summed E-state index contributed by atoms with van der Waals surface area (Å²) in [6.07, 6.45) is 3.93. The zero-order valence-corrected chi connectivity index (χ0v) is 13.3. The first-order chi connectivity index (χ1) is 10.6. The molecule has 1 aromatic rings. The number of aliphatic hydroxyl groups excluding tert-OH is 1. The Kier molecular flexibility index (Phi) is 8.05. The van der Waals surface area contributed by atoms with Crippen LogP contribution in [0.15, 0.2) is 30.0 Å². The van der Waals surface area contributed by atoms with Gasteiger partial charge in [-0.2, -0.15) is 5.26 Å². The van der Waals surface area contributed by atoms with Gasteiger partial charge >= 0.3 is 0 Å². The Morgan fingerprint density at radius 2 is 2.18 bits per heavy atom. The van der Waals surface area contributed by atoms with Gasteiger partial charge < -0.3 is 15.7 Å². The number of nitrogens with zero attached hydrogens (tertiary/aromatic N) is 1. The number of unbranched alkanes of at least 4 members (excludes halogenated alkanes) is 2. The van der Waals surface area contributed by atoms with Gasteiger partial charge in [-0.15, -0.1) is 0 Å². The summed E-state index contributed by atoms with van der Waals surface area (Å²) in [4.78, 5) is 12.1. The zero-order chi connectivity index (χ0) is 16.4. The number of halogens is 1. The third-order valence-corrected chi connectivity index (χ3v) is 3.52. The van der Waals surface area contributed by atoms with Crippen molar-refractivity contribution >= 4 is 23.2 Å². The van der Waals surface area contributed by atoms with Gasteiger partial charge in [-0.25, -0.2) is 0 Å². The molecule has 0 bridgehead atoms. The Morgan fingerprint density at radius 3 is 2.86 bits per heavy atom. The maximum absolute atomic E-state index is 12.1. The first kappa shape index (κ1) is 18.0. The fraction of sp³-hybridized carbons (Fsp3) is 0.375. The lowest BCUT2D eigenvalue weighted by Crippen LogP contribution is -2.17. The number of amides is 1. The van der Waals surface area contributed by atoms with E-state index in [9.17, 15) is 4.79 Å². The molecule has 0 radical (unpaired) electrons. The third kappa shape index (κ3) is 5.76. The molecular weight excluding hydrogens is 302 g/mol. The molecule has 0 saturated heterocycles. The molecule has 0 spiro atoms. The molecule has 0 aliphatic heterocycles. The molecule has 1 aromatic carbocycles. The Labute approximate surface area is 135 Å². The lowest BCUT2D eigenvalue weighted by molar-refractivity contribution is -0.112. The van der Waals surface area contributed by atoms with Crippen molar-refractivity contribution in [3.8, 4) is 6.07 Å². The van der Waals surface area contributed by atoms with Crippen LogP contribution in [-0.2, 0) is 4.79 Å². The molecule has 118 valence electrons. The highest BCUT2D eigenvalue weighted by Gasteiger charge is 2.11. The van der Waals surface area contributed by atoms with E-state index in [-0.39, 0.29) is 12.2 Å². The van der Waals surface area contributed by atoms with Gasteiger partial charge in [0.2, 0.25) is 0 Å². The third-order valence-electron chi connectivity index (χ3n) is 3.11. The summed E-state index contributed by atoms with van der Waals surface area (Å²) in [5, 5.41) is 23.9. The van der Waals surface area contributed by atoms with E-state index in [1.807, 2.05) is 6.07 Å². The Bertz CT molecular complexity index is 579. The lowest BCUT2D eigenvalue weighted by atomic mass is 10.2. The van der Waals surface area contributed by atoms with Crippen LogP contribution in [0.25, 0.3) is 0 Å². The number of nitriles is 1. The van der Waals surface area contributed by atoms with Crippen molar-refractivity contribution in [1.29, 1.82) is 5.26 Å². The smallest absolute Gasteiger partial charge is 0.267 e. The van der Waals surface area contributed by atoms with Crippen LogP contribution in [0, 0.1) is 18.3 Å². The number of hydrogen-bond acceptors (Lipinski definition) is 4. The molecule has 0 aliphatic carbocycles. The van der Waals surface area contributed by atoms with Crippen molar-refractivity contribution in [2.45, 2.75) is 26.2 Å². The highest BCUT2D eigenvalue weighted by atomic mass is 35.5. The summed E-state index contributed by atoms with van der Waals surface area (Å²) in [5.41, 5.74) is 1.34. The SMILES string of the molecule is Cc1c(Cl)cccc1NC(=O)/C(C#N)=C\NCCCCCO. The molecule has 0 saturated carbocycles. The number of anilines is 1. The second-order valence-electron chi connectivity index (χ2n) is 4.77. The fourth-order valence-corrected chi connectivity index (χ4v) is 1.95. The van der Waals surface area contributed by atoms with Crippen LogP contribution in [0.1, 0.15) is 24.8 Å². The molecule has 0 aromatic heterocycles. The van der Waals surface area contributed by atoms with Gasteiger partial charge in [0.25, 0.3) is 5.91 Å². The van der Waals surface area contributed by atoms with E-state index in [2.05, 4.69) is 10.6 Å². The monoisotopic (exact) mass is 321 g/mol. The second-order valence-corrected chi connectivity index (χ2v) is 5.18. The average molecular weight is 322 g/mol. The topological polar surface area (TPSA) is 85.2 Å². The number of benzene rings is 1. The van der Waals surface area contributed by atoms with E-state index in [1.54, 1.807) is 25.1 Å². The summed E-state index contributed by atoms with van der Waals surface area (Å²) >= 11 is 5.99. The molecule has 1 rings (SSSR count). The van der Waals surface area contributed by atoms with Gasteiger partial charge in [0.15, 0.2) is 0 Å². The minimum absolute atomic E-state index is 0.00142. The quantitative estimate of drug-likeness (QED) is 0.390. The molecule has 22 heavy (non-hydrogen) atoms. The van der Waals surface area contributed by atoms with Gasteiger partial charge in [-0.1, -0.05) is 17.7 Å². The van der Waals surface area contributed by atoms with Crippen LogP contribution < -0.4 is 10.6 Å². The van der Waals surface area contributed by atoms with Crippen LogP contribution in [0.5, 0.6) is 0 Å². The Morgan fingerprint density at radius 1 is 1.41 bits per heavy atom. The van der Waals surface area contributed by atoms with Crippen LogP contribution in [0.4, 0.5) is 5.69 Å². The summed E-state index contributed by atoms with van der Waals surface area (Å²) in [7, 11) is 0. The maximum atomic E-state index is 12.1. The lowest BCUT2D eigenvalue weighted by Gasteiger charge is -2.09. The van der Waals surface area contributed by atoms with Crippen molar-refractivity contribution in [2.24, 2.45) is 0 Å². The highest BCUT2D eigenvalue weighted by Crippen LogP contribution is 2.23. The number of aliphatic hydroxyl groups is 1. The fourth-order valence-electron chi connectivity index (χ4n) is 1.77. The highest BCUT2D eigenvalue weighted by molar-refractivity contribution is 6.31. The predicted molar refractivity (Wildman–Crippen MR) is 87.5 cm³/mol. The molecule has 6 heteroatoms. The minimum atomic E-state index is -0.476. The first-order valence-corrected chi connectivity index (χ1v) is 7.49. The van der Waals surface area contributed by atoms with E-state index < -0.39 is 5.91 Å². The van der Waals surface area contributed by atoms with Crippen LogP contribution in [-0.4, -0.2) is 24.2 Å². The number of rotatable bonds is 8. The van der Waals surface area contributed by atoms with E-state index in [0.717, 1.165) is 24.8 Å². The van der Waals surface area contributed by atoms with Crippen molar-refractivity contribution in [3.05, 3.63) is 40.6 Å². The van der Waals surface area contributed by atoms with Crippen LogP contribution >= 0.6 is 11.6 Å². The van der Waals surface area contributed by atoms with Crippen molar-refractivity contribution in [3.63, 3.8) is 0 Å². The largest absolute Gasteiger partial charge is 0.396 e. The minimum Gasteiger partial charge on any atom is -0.396 e. The Hall–Kier alpha value is -2.03. The van der Waals surface area contributed by atoms with Crippen molar-refractivity contribution in [1.82, 2.24) is 5.32 Å². The summed E-state index contributed by atoms with van der Waals surface area (Å²) in [6, 6.07) is 7.08. The van der Waals surface area contributed by atoms with E-state index >= 15 is 0 Å². The maximum Gasteiger partial charge on any atom is 0.267 e. The summed E-state index contributed by atoms with van der Waals surface area (Å²) < 4.78 is 0. The first-order valence-electron chi connectivity index (χ1n) is 7.11. The molecule has 0 atom stereocenters. The molecule has 0 fully saturated rings. The summed E-state index contributed by atoms with van der Waals surface area (Å²) in [6.45, 7) is 2.63. The Balaban J connectivity index is 2.57. The van der Waals surface area contributed by atoms with Crippen molar-refractivity contribution < 1.29 is 9.90 Å². The molecule has 0 heterocycles. The normalized spacial score (nSPS) is 10.9. The molecule has 0 unspecified atom stereocenters. The van der Waals surface area contributed by atoms with Gasteiger partial charge in [0.05, 0.1) is 0 Å². The number of carbonyl (C=O) groups is 1. The van der Waals surface area contributed by atoms with Gasteiger partial charge in [0.1, 0.15) is 11.6 Å². The van der Waals surface area contributed by atoms with Gasteiger partial charge in [-0.3, -0.25) is 4.79 Å². The zero-order valence-electron chi connectivity index (χ0n) is 12.5. The molecule has 1 amide bonds. The number of carbonyl (C=O) groups excluding carboxylic acids is 1. The predicted octanol–water partition coefficient (Wildman–Crippen LogP) is 2.75. The number of hydrogen-bond donors (Lipinski definition) is 3. The second kappa shape index (κ2) is 9.82. The standard InChI is InChI=1S/C16H20ClN3O2/c1-12-14(17)6-5-7-15(12)20-16(22)13(10-18)11-19-8-3-2-4-9-21/h5-7,11,19,21H,2-4,8-9H2,1H3,(H,20,22)/b13-11-. The van der Waals surface area contributed by atoms with E-state index in [1.165, 1.54) is 6.20 Å². The number of nitrogens with one attached hydrogen (secondary N) is 2. The van der Waals surface area contributed by atoms with E-state index in [0.29, 0.717) is 17.3 Å². The molecule has 5 nitrogen and oxygen atoms in total. The van der Waals surface area contributed by atoms with E-state index in [4.69, 9.17) is 22.0 Å². The van der Waals surface area contributed by atoms with Gasteiger partial charge in [0, 0.05) is 30.1 Å². The summed E-state index contributed by atoms with van der Waals surface area (Å²) in [5.74, 6) is -0.476. The van der Waals surface area contributed by atoms with Crippen molar-refractivity contribution in [2.75, 3.05) is 18.5 Å². The van der Waals surface area contributed by atoms with Crippen LogP contribution in [0.2, 0.25) is 5.02 Å². The molecule has 3 N–H and O–H groups in total.